The fourth-order valence-electron chi connectivity index (χ4n) is 1.18. The SMILES string of the molecule is Nc1ccccc1.O=C(Nc1ccccc1)C(F)(F)F. The van der Waals surface area contributed by atoms with E-state index in [1.54, 1.807) is 11.4 Å². The molecule has 1 amide bonds. The van der Waals surface area contributed by atoms with Gasteiger partial charge >= 0.3 is 12.1 Å². The van der Waals surface area contributed by atoms with Crippen LogP contribution in [0.2, 0.25) is 0 Å². The number of para-hydroxylation sites is 2. The van der Waals surface area contributed by atoms with Gasteiger partial charge in [-0.15, -0.1) is 0 Å². The topological polar surface area (TPSA) is 55.1 Å². The number of carbonyl (C=O) groups is 1. The number of benzene rings is 2. The van der Waals surface area contributed by atoms with Crippen molar-refractivity contribution in [3.63, 3.8) is 0 Å². The fraction of sp³-hybridized carbons (Fsp3) is 0.0714. The molecule has 6 heteroatoms. The Morgan fingerprint density at radius 1 is 0.900 bits per heavy atom. The van der Waals surface area contributed by atoms with E-state index in [0.717, 1.165) is 5.69 Å². The average molecular weight is 282 g/mol. The zero-order valence-corrected chi connectivity index (χ0v) is 10.4. The molecular weight excluding hydrogens is 269 g/mol. The van der Waals surface area contributed by atoms with Crippen molar-refractivity contribution in [2.75, 3.05) is 11.1 Å². The van der Waals surface area contributed by atoms with Gasteiger partial charge in [0.15, 0.2) is 0 Å². The third-order valence-corrected chi connectivity index (χ3v) is 2.09. The number of hydrogen-bond acceptors (Lipinski definition) is 2. The molecule has 0 spiro atoms. The van der Waals surface area contributed by atoms with Gasteiger partial charge in [0.2, 0.25) is 0 Å². The van der Waals surface area contributed by atoms with Crippen LogP contribution in [-0.4, -0.2) is 12.1 Å². The standard InChI is InChI=1S/C8H6F3NO.C6H7N/c9-8(10,11)7(13)12-6-4-2-1-3-5-6;7-6-4-2-1-3-5-6/h1-5H,(H,12,13);1-5H,7H2. The van der Waals surface area contributed by atoms with E-state index >= 15 is 0 Å². The second kappa shape index (κ2) is 7.18. The molecule has 0 aromatic heterocycles. The van der Waals surface area contributed by atoms with Gasteiger partial charge in [-0.25, -0.2) is 0 Å². The Hall–Kier alpha value is -2.50. The third kappa shape index (κ3) is 5.90. The minimum atomic E-state index is -4.84. The Bertz CT molecular complexity index is 527. The second-order valence-electron chi connectivity index (χ2n) is 3.73. The monoisotopic (exact) mass is 282 g/mol. The largest absolute Gasteiger partial charge is 0.471 e. The summed E-state index contributed by atoms with van der Waals surface area (Å²) in [4.78, 5) is 10.4. The van der Waals surface area contributed by atoms with Crippen LogP contribution in [0.5, 0.6) is 0 Å². The lowest BCUT2D eigenvalue weighted by molar-refractivity contribution is -0.167. The van der Waals surface area contributed by atoms with E-state index in [2.05, 4.69) is 0 Å². The van der Waals surface area contributed by atoms with Gasteiger partial charge in [-0.1, -0.05) is 36.4 Å². The van der Waals surface area contributed by atoms with Gasteiger partial charge in [-0.3, -0.25) is 4.79 Å². The van der Waals surface area contributed by atoms with E-state index in [4.69, 9.17) is 5.73 Å². The maximum Gasteiger partial charge on any atom is 0.471 e. The first-order valence-corrected chi connectivity index (χ1v) is 5.63. The highest BCUT2D eigenvalue weighted by Crippen LogP contribution is 2.17. The fourth-order valence-corrected chi connectivity index (χ4v) is 1.18. The third-order valence-electron chi connectivity index (χ3n) is 2.09. The van der Waals surface area contributed by atoms with Crippen molar-refractivity contribution >= 4 is 17.3 Å². The van der Waals surface area contributed by atoms with Crippen molar-refractivity contribution in [1.29, 1.82) is 0 Å². The summed E-state index contributed by atoms with van der Waals surface area (Å²) in [5, 5.41) is 1.72. The Balaban J connectivity index is 0.000000240. The molecule has 0 aliphatic rings. The summed E-state index contributed by atoms with van der Waals surface area (Å²) in [6, 6.07) is 17.0. The molecule has 0 saturated heterocycles. The number of anilines is 2. The van der Waals surface area contributed by atoms with Crippen LogP contribution in [0.25, 0.3) is 0 Å². The molecule has 2 rings (SSSR count). The first kappa shape index (κ1) is 15.6. The molecule has 0 aliphatic heterocycles. The summed E-state index contributed by atoms with van der Waals surface area (Å²) in [7, 11) is 0. The lowest BCUT2D eigenvalue weighted by Gasteiger charge is -2.06. The normalized spacial score (nSPS) is 10.2. The van der Waals surface area contributed by atoms with Crippen molar-refractivity contribution in [3.8, 4) is 0 Å². The molecule has 20 heavy (non-hydrogen) atoms. The van der Waals surface area contributed by atoms with Crippen LogP contribution in [0, 0.1) is 0 Å². The van der Waals surface area contributed by atoms with E-state index < -0.39 is 12.1 Å². The highest BCUT2D eigenvalue weighted by Gasteiger charge is 2.38. The minimum Gasteiger partial charge on any atom is -0.399 e. The van der Waals surface area contributed by atoms with Crippen LogP contribution >= 0.6 is 0 Å². The number of nitrogen functional groups attached to an aromatic ring is 1. The lowest BCUT2D eigenvalue weighted by atomic mass is 10.3. The van der Waals surface area contributed by atoms with E-state index in [1.807, 2.05) is 30.3 Å². The first-order valence-electron chi connectivity index (χ1n) is 5.63. The predicted octanol–water partition coefficient (Wildman–Crippen LogP) is 3.46. The van der Waals surface area contributed by atoms with Crippen LogP contribution in [-0.2, 0) is 4.79 Å². The molecule has 0 bridgehead atoms. The average Bonchev–Trinajstić information content (AvgIpc) is 2.40. The van der Waals surface area contributed by atoms with E-state index in [-0.39, 0.29) is 5.69 Å². The second-order valence-corrected chi connectivity index (χ2v) is 3.73. The number of hydrogen-bond donors (Lipinski definition) is 2. The molecule has 2 aromatic carbocycles. The molecule has 2 aromatic rings. The van der Waals surface area contributed by atoms with E-state index in [1.165, 1.54) is 24.3 Å². The van der Waals surface area contributed by atoms with Gasteiger partial charge in [0.05, 0.1) is 0 Å². The number of rotatable bonds is 1. The van der Waals surface area contributed by atoms with Crippen molar-refractivity contribution < 1.29 is 18.0 Å². The maximum absolute atomic E-state index is 11.7. The van der Waals surface area contributed by atoms with Gasteiger partial charge in [-0.05, 0) is 24.3 Å². The highest BCUT2D eigenvalue weighted by molar-refractivity contribution is 5.94. The number of carbonyl (C=O) groups excluding carboxylic acids is 1. The summed E-state index contributed by atoms with van der Waals surface area (Å²) in [6.07, 6.45) is -4.84. The number of nitrogens with two attached hydrogens (primary N) is 1. The van der Waals surface area contributed by atoms with Gasteiger partial charge in [0, 0.05) is 11.4 Å². The van der Waals surface area contributed by atoms with Crippen molar-refractivity contribution in [3.05, 3.63) is 60.7 Å². The quantitative estimate of drug-likeness (QED) is 0.787. The van der Waals surface area contributed by atoms with Gasteiger partial charge in [-0.2, -0.15) is 13.2 Å². The molecular formula is C14H13F3N2O. The van der Waals surface area contributed by atoms with E-state index in [9.17, 15) is 18.0 Å². The number of nitrogens with one attached hydrogen (secondary N) is 1. The van der Waals surface area contributed by atoms with Crippen molar-refractivity contribution in [2.24, 2.45) is 0 Å². The first-order chi connectivity index (χ1) is 9.39. The molecule has 0 radical (unpaired) electrons. The Labute approximate surface area is 114 Å². The molecule has 106 valence electrons. The van der Waals surface area contributed by atoms with Gasteiger partial charge < -0.3 is 11.1 Å². The number of amides is 1. The molecule has 0 fully saturated rings. The van der Waals surface area contributed by atoms with Crippen LogP contribution in [0.3, 0.4) is 0 Å². The summed E-state index contributed by atoms with van der Waals surface area (Å²) >= 11 is 0. The van der Waals surface area contributed by atoms with Crippen LogP contribution in [0.15, 0.2) is 60.7 Å². The summed E-state index contributed by atoms with van der Waals surface area (Å²) in [6.45, 7) is 0. The van der Waals surface area contributed by atoms with Gasteiger partial charge in [0.1, 0.15) is 0 Å². The number of halogens is 3. The number of alkyl halides is 3. The molecule has 0 atom stereocenters. The Morgan fingerprint density at radius 3 is 1.70 bits per heavy atom. The molecule has 0 saturated carbocycles. The van der Waals surface area contributed by atoms with E-state index in [0.29, 0.717) is 0 Å². The van der Waals surface area contributed by atoms with Crippen molar-refractivity contribution in [2.45, 2.75) is 6.18 Å². The maximum atomic E-state index is 11.7. The molecule has 3 nitrogen and oxygen atoms in total. The van der Waals surface area contributed by atoms with Crippen LogP contribution in [0.4, 0.5) is 24.5 Å². The van der Waals surface area contributed by atoms with Crippen LogP contribution < -0.4 is 11.1 Å². The Morgan fingerprint density at radius 2 is 1.35 bits per heavy atom. The molecule has 0 heterocycles. The minimum absolute atomic E-state index is 0.129. The molecule has 0 aliphatic carbocycles. The molecule has 0 unspecified atom stereocenters. The zero-order chi connectivity index (χ0) is 15.0. The summed E-state index contributed by atoms with van der Waals surface area (Å²) in [5.74, 6) is -1.96. The summed E-state index contributed by atoms with van der Waals surface area (Å²) in [5.41, 5.74) is 6.31. The van der Waals surface area contributed by atoms with Crippen LogP contribution in [0.1, 0.15) is 0 Å². The predicted molar refractivity (Wildman–Crippen MR) is 72.0 cm³/mol. The smallest absolute Gasteiger partial charge is 0.399 e. The van der Waals surface area contributed by atoms with Gasteiger partial charge in [0.25, 0.3) is 0 Å². The van der Waals surface area contributed by atoms with Crippen molar-refractivity contribution in [1.82, 2.24) is 0 Å². The lowest BCUT2D eigenvalue weighted by Crippen LogP contribution is -2.29. The highest BCUT2D eigenvalue weighted by atomic mass is 19.4. The zero-order valence-electron chi connectivity index (χ0n) is 10.4. The molecule has 3 N–H and O–H groups in total. The Kier molecular flexibility index (Phi) is 5.58. The summed E-state index contributed by atoms with van der Waals surface area (Å²) < 4.78 is 35.2.